The number of hydrogen-bond acceptors (Lipinski definition) is 3. The van der Waals surface area contributed by atoms with Gasteiger partial charge in [0.25, 0.3) is 0 Å². The molecule has 0 bridgehead atoms. The van der Waals surface area contributed by atoms with Crippen LogP contribution < -0.4 is 5.73 Å². The summed E-state index contributed by atoms with van der Waals surface area (Å²) in [4.78, 5) is 0. The Morgan fingerprint density at radius 3 is 2.47 bits per heavy atom. The van der Waals surface area contributed by atoms with Crippen LogP contribution in [0.4, 0.5) is 5.82 Å². The summed E-state index contributed by atoms with van der Waals surface area (Å²) in [6, 6.07) is 8.25. The number of aromatic amines is 1. The summed E-state index contributed by atoms with van der Waals surface area (Å²) in [6.07, 6.45) is 2.53. The van der Waals surface area contributed by atoms with E-state index in [4.69, 9.17) is 5.73 Å². The number of aryl methyl sites for hydroxylation is 1. The van der Waals surface area contributed by atoms with E-state index in [2.05, 4.69) is 29.3 Å². The smallest absolute Gasteiger partial charge is 0.124 e. The average molecular weight is 231 g/mol. The molecule has 0 aliphatic rings. The van der Waals surface area contributed by atoms with Gasteiger partial charge >= 0.3 is 0 Å². The van der Waals surface area contributed by atoms with Crippen molar-refractivity contribution in [2.45, 2.75) is 25.9 Å². The molecule has 0 saturated carbocycles. The number of H-pyrrole nitrogens is 1. The molecule has 90 valence electrons. The lowest BCUT2D eigenvalue weighted by atomic mass is 10.0. The molecule has 1 atom stereocenters. The molecule has 1 aromatic carbocycles. The fraction of sp³-hybridized carbons (Fsp3) is 0.308. The van der Waals surface area contributed by atoms with Crippen LogP contribution in [-0.2, 0) is 12.8 Å². The Balaban J connectivity index is 2.07. The van der Waals surface area contributed by atoms with E-state index < -0.39 is 6.10 Å². The molecule has 0 amide bonds. The highest BCUT2D eigenvalue weighted by Gasteiger charge is 2.13. The minimum atomic E-state index is -0.610. The number of nitrogens with zero attached hydrogens (tertiary/aromatic N) is 1. The first-order valence-electron chi connectivity index (χ1n) is 5.75. The molecule has 0 aliphatic carbocycles. The van der Waals surface area contributed by atoms with Crippen molar-refractivity contribution in [1.82, 2.24) is 10.2 Å². The van der Waals surface area contributed by atoms with E-state index in [0.29, 0.717) is 17.8 Å². The maximum Gasteiger partial charge on any atom is 0.124 e. The van der Waals surface area contributed by atoms with Gasteiger partial charge < -0.3 is 10.8 Å². The number of nitrogens with one attached hydrogen (secondary N) is 1. The summed E-state index contributed by atoms with van der Waals surface area (Å²) < 4.78 is 0. The SMILES string of the molecule is CCc1ccc(CC(O)c2cn[nH]c2N)cc1. The Morgan fingerprint density at radius 1 is 1.29 bits per heavy atom. The molecule has 17 heavy (non-hydrogen) atoms. The zero-order valence-electron chi connectivity index (χ0n) is 9.85. The molecule has 1 heterocycles. The summed E-state index contributed by atoms with van der Waals surface area (Å²) in [6.45, 7) is 2.12. The number of benzene rings is 1. The molecule has 0 spiro atoms. The van der Waals surface area contributed by atoms with Gasteiger partial charge in [-0.05, 0) is 17.5 Å². The molecule has 2 rings (SSSR count). The highest BCUT2D eigenvalue weighted by atomic mass is 16.3. The molecule has 2 aromatic rings. The van der Waals surface area contributed by atoms with E-state index in [0.717, 1.165) is 12.0 Å². The van der Waals surface area contributed by atoms with Crippen molar-refractivity contribution in [2.24, 2.45) is 0 Å². The summed E-state index contributed by atoms with van der Waals surface area (Å²) in [5, 5.41) is 16.5. The molecule has 0 aliphatic heterocycles. The minimum Gasteiger partial charge on any atom is -0.388 e. The molecule has 1 aromatic heterocycles. The van der Waals surface area contributed by atoms with Crippen LogP contribution in [0.3, 0.4) is 0 Å². The van der Waals surface area contributed by atoms with Gasteiger partial charge in [0.05, 0.1) is 12.3 Å². The van der Waals surface area contributed by atoms with Gasteiger partial charge in [0.1, 0.15) is 5.82 Å². The van der Waals surface area contributed by atoms with Gasteiger partial charge in [-0.25, -0.2) is 0 Å². The third-order valence-corrected chi connectivity index (χ3v) is 2.92. The summed E-state index contributed by atoms with van der Waals surface area (Å²) in [7, 11) is 0. The number of anilines is 1. The molecule has 1 unspecified atom stereocenters. The van der Waals surface area contributed by atoms with Crippen LogP contribution in [0.15, 0.2) is 30.5 Å². The zero-order valence-corrected chi connectivity index (χ0v) is 9.85. The number of nitrogens with two attached hydrogens (primary N) is 1. The normalized spacial score (nSPS) is 12.6. The van der Waals surface area contributed by atoms with Gasteiger partial charge in [-0.2, -0.15) is 5.10 Å². The number of aromatic nitrogens is 2. The van der Waals surface area contributed by atoms with Crippen molar-refractivity contribution in [3.05, 3.63) is 47.2 Å². The number of rotatable bonds is 4. The third-order valence-electron chi connectivity index (χ3n) is 2.92. The number of aliphatic hydroxyl groups excluding tert-OH is 1. The molecule has 0 radical (unpaired) electrons. The van der Waals surface area contributed by atoms with E-state index in [1.54, 1.807) is 6.20 Å². The molecule has 0 fully saturated rings. The Hall–Kier alpha value is -1.81. The first kappa shape index (κ1) is 11.7. The lowest BCUT2D eigenvalue weighted by molar-refractivity contribution is 0.179. The minimum absolute atomic E-state index is 0.433. The van der Waals surface area contributed by atoms with Crippen molar-refractivity contribution in [3.63, 3.8) is 0 Å². The molecular weight excluding hydrogens is 214 g/mol. The second-order valence-electron chi connectivity index (χ2n) is 4.13. The van der Waals surface area contributed by atoms with Crippen LogP contribution in [0.25, 0.3) is 0 Å². The van der Waals surface area contributed by atoms with Gasteiger partial charge in [0.2, 0.25) is 0 Å². The van der Waals surface area contributed by atoms with Crippen LogP contribution >= 0.6 is 0 Å². The summed E-state index contributed by atoms with van der Waals surface area (Å²) in [5.74, 6) is 0.433. The largest absolute Gasteiger partial charge is 0.388 e. The van der Waals surface area contributed by atoms with Gasteiger partial charge in [-0.1, -0.05) is 31.2 Å². The van der Waals surface area contributed by atoms with Crippen LogP contribution in [0.5, 0.6) is 0 Å². The number of aliphatic hydroxyl groups is 1. The predicted molar refractivity (Wildman–Crippen MR) is 67.5 cm³/mol. The quantitative estimate of drug-likeness (QED) is 0.751. The molecular formula is C13H17N3O. The topological polar surface area (TPSA) is 74.9 Å². The highest BCUT2D eigenvalue weighted by Crippen LogP contribution is 2.21. The first-order chi connectivity index (χ1) is 8.20. The Bertz CT molecular complexity index is 476. The Kier molecular flexibility index (Phi) is 3.44. The fourth-order valence-corrected chi connectivity index (χ4v) is 1.82. The maximum atomic E-state index is 10.0. The standard InChI is InChI=1S/C13H17N3O/c1-2-9-3-5-10(6-4-9)7-12(17)11-8-15-16-13(11)14/h3-6,8,12,17H,2,7H2,1H3,(H3,14,15,16). The lowest BCUT2D eigenvalue weighted by Gasteiger charge is -2.10. The molecule has 4 nitrogen and oxygen atoms in total. The monoisotopic (exact) mass is 231 g/mol. The third kappa shape index (κ3) is 2.65. The van der Waals surface area contributed by atoms with Crippen LogP contribution in [-0.4, -0.2) is 15.3 Å². The van der Waals surface area contributed by atoms with E-state index in [-0.39, 0.29) is 0 Å². The summed E-state index contributed by atoms with van der Waals surface area (Å²) >= 11 is 0. The van der Waals surface area contributed by atoms with Crippen molar-refractivity contribution in [1.29, 1.82) is 0 Å². The second kappa shape index (κ2) is 5.01. The summed E-state index contributed by atoms with van der Waals surface area (Å²) in [5.41, 5.74) is 8.71. The molecule has 4 heteroatoms. The van der Waals surface area contributed by atoms with Crippen molar-refractivity contribution in [3.8, 4) is 0 Å². The highest BCUT2D eigenvalue weighted by molar-refractivity contribution is 5.39. The van der Waals surface area contributed by atoms with Gasteiger partial charge in [-0.3, -0.25) is 5.10 Å². The second-order valence-corrected chi connectivity index (χ2v) is 4.13. The van der Waals surface area contributed by atoms with Gasteiger partial charge in [0, 0.05) is 12.0 Å². The van der Waals surface area contributed by atoms with E-state index in [1.807, 2.05) is 12.1 Å². The Labute approximate surface area is 100 Å². The first-order valence-corrected chi connectivity index (χ1v) is 5.75. The number of nitrogen functional groups attached to an aromatic ring is 1. The van der Waals surface area contributed by atoms with E-state index >= 15 is 0 Å². The molecule has 0 saturated heterocycles. The van der Waals surface area contributed by atoms with Crippen LogP contribution in [0.2, 0.25) is 0 Å². The predicted octanol–water partition coefficient (Wildman–Crippen LogP) is 1.83. The fourth-order valence-electron chi connectivity index (χ4n) is 1.82. The molecule has 4 N–H and O–H groups in total. The maximum absolute atomic E-state index is 10.0. The van der Waals surface area contributed by atoms with Crippen LogP contribution in [0, 0.1) is 0 Å². The van der Waals surface area contributed by atoms with E-state index in [9.17, 15) is 5.11 Å². The van der Waals surface area contributed by atoms with Crippen molar-refractivity contribution >= 4 is 5.82 Å². The number of hydrogen-bond donors (Lipinski definition) is 3. The zero-order chi connectivity index (χ0) is 12.3. The van der Waals surface area contributed by atoms with Crippen molar-refractivity contribution < 1.29 is 5.11 Å². The van der Waals surface area contributed by atoms with Crippen LogP contribution in [0.1, 0.15) is 29.7 Å². The van der Waals surface area contributed by atoms with Crippen molar-refractivity contribution in [2.75, 3.05) is 5.73 Å². The lowest BCUT2D eigenvalue weighted by Crippen LogP contribution is -2.03. The Morgan fingerprint density at radius 2 is 1.94 bits per heavy atom. The van der Waals surface area contributed by atoms with E-state index in [1.165, 1.54) is 5.56 Å². The van der Waals surface area contributed by atoms with Gasteiger partial charge in [-0.15, -0.1) is 0 Å². The van der Waals surface area contributed by atoms with Gasteiger partial charge in [0.15, 0.2) is 0 Å². The average Bonchev–Trinajstić information content (AvgIpc) is 2.76.